The van der Waals surface area contributed by atoms with Crippen LogP contribution in [0.5, 0.6) is 0 Å². The molecule has 2 saturated heterocycles. The number of carbonyl (C=O) groups excluding carboxylic acids is 1. The van der Waals surface area contributed by atoms with Gasteiger partial charge in [-0.1, -0.05) is 0 Å². The lowest BCUT2D eigenvalue weighted by Gasteiger charge is -2.24. The van der Waals surface area contributed by atoms with E-state index in [1.807, 2.05) is 0 Å². The first kappa shape index (κ1) is 13.1. The maximum atomic E-state index is 11.7. The lowest BCUT2D eigenvalue weighted by molar-refractivity contribution is -0.124. The Kier molecular flexibility index (Phi) is 5.74. The highest BCUT2D eigenvalue weighted by molar-refractivity contribution is 7.99. The Hall–Kier alpha value is 0.0300. The van der Waals surface area contributed by atoms with Gasteiger partial charge in [0, 0.05) is 18.2 Å². The van der Waals surface area contributed by atoms with E-state index < -0.39 is 0 Å². The molecule has 0 aromatic carbocycles. The minimum Gasteiger partial charge on any atom is -0.379 e. The van der Waals surface area contributed by atoms with Gasteiger partial charge >= 0.3 is 0 Å². The van der Waals surface area contributed by atoms with Crippen molar-refractivity contribution in [3.63, 3.8) is 0 Å². The number of nitrogens with one attached hydrogen (secondary N) is 2. The van der Waals surface area contributed by atoms with Crippen molar-refractivity contribution in [2.75, 3.05) is 24.8 Å². The molecule has 88 valence electrons. The van der Waals surface area contributed by atoms with E-state index in [1.54, 1.807) is 11.8 Å². The van der Waals surface area contributed by atoms with Gasteiger partial charge in [0.15, 0.2) is 0 Å². The molecule has 0 spiro atoms. The topological polar surface area (TPSA) is 50.4 Å². The summed E-state index contributed by atoms with van der Waals surface area (Å²) in [7, 11) is 0. The fourth-order valence-corrected chi connectivity index (χ4v) is 2.66. The summed E-state index contributed by atoms with van der Waals surface area (Å²) >= 11 is 1.77. The molecule has 2 unspecified atom stereocenters. The Labute approximate surface area is 100 Å². The van der Waals surface area contributed by atoms with Gasteiger partial charge in [-0.3, -0.25) is 10.1 Å². The standard InChI is InChI=1S/C9H16N2O2S.ClH/c12-9(8-5-14-6-10-8)11-7-2-1-3-13-4-7;/h7-8,10H,1-6H2,(H,11,12);1H. The summed E-state index contributed by atoms with van der Waals surface area (Å²) in [4.78, 5) is 11.7. The molecule has 2 rings (SSSR count). The molecule has 2 fully saturated rings. The summed E-state index contributed by atoms with van der Waals surface area (Å²) < 4.78 is 5.31. The van der Waals surface area contributed by atoms with E-state index >= 15 is 0 Å². The minimum absolute atomic E-state index is 0. The van der Waals surface area contributed by atoms with E-state index in [4.69, 9.17) is 4.74 Å². The van der Waals surface area contributed by atoms with E-state index in [1.165, 1.54) is 0 Å². The molecular formula is C9H17ClN2O2S. The molecule has 2 aliphatic rings. The van der Waals surface area contributed by atoms with E-state index in [-0.39, 0.29) is 30.4 Å². The first-order chi connectivity index (χ1) is 6.86. The Morgan fingerprint density at radius 3 is 3.00 bits per heavy atom. The van der Waals surface area contributed by atoms with Crippen molar-refractivity contribution in [2.24, 2.45) is 0 Å². The molecule has 15 heavy (non-hydrogen) atoms. The summed E-state index contributed by atoms with van der Waals surface area (Å²) in [5.74, 6) is 1.91. The number of carbonyl (C=O) groups is 1. The van der Waals surface area contributed by atoms with Gasteiger partial charge in [-0.05, 0) is 12.8 Å². The van der Waals surface area contributed by atoms with Crippen LogP contribution in [0.25, 0.3) is 0 Å². The highest BCUT2D eigenvalue weighted by Crippen LogP contribution is 2.11. The molecule has 0 bridgehead atoms. The molecule has 2 atom stereocenters. The van der Waals surface area contributed by atoms with Gasteiger partial charge < -0.3 is 10.1 Å². The van der Waals surface area contributed by atoms with Crippen molar-refractivity contribution < 1.29 is 9.53 Å². The van der Waals surface area contributed by atoms with E-state index in [0.29, 0.717) is 6.61 Å². The maximum absolute atomic E-state index is 11.7. The normalized spacial score (nSPS) is 30.7. The molecule has 0 saturated carbocycles. The number of hydrogen-bond acceptors (Lipinski definition) is 4. The van der Waals surface area contributed by atoms with Crippen LogP contribution >= 0.6 is 24.2 Å². The SMILES string of the molecule is Cl.O=C(NC1CCCOC1)C1CSCN1. The summed E-state index contributed by atoms with van der Waals surface area (Å²) in [6, 6.07) is 0.227. The second-order valence-electron chi connectivity index (χ2n) is 3.69. The van der Waals surface area contributed by atoms with Crippen molar-refractivity contribution >= 4 is 30.1 Å². The van der Waals surface area contributed by atoms with Crippen molar-refractivity contribution in [1.82, 2.24) is 10.6 Å². The van der Waals surface area contributed by atoms with E-state index in [2.05, 4.69) is 10.6 Å². The summed E-state index contributed by atoms with van der Waals surface area (Å²) in [6.07, 6.45) is 2.10. The summed E-state index contributed by atoms with van der Waals surface area (Å²) in [5, 5.41) is 6.18. The van der Waals surface area contributed by atoms with Gasteiger partial charge in [0.25, 0.3) is 0 Å². The van der Waals surface area contributed by atoms with Crippen LogP contribution in [0.1, 0.15) is 12.8 Å². The van der Waals surface area contributed by atoms with Crippen molar-refractivity contribution in [3.8, 4) is 0 Å². The van der Waals surface area contributed by atoms with Gasteiger partial charge in [-0.15, -0.1) is 24.2 Å². The minimum atomic E-state index is 0. The number of amides is 1. The maximum Gasteiger partial charge on any atom is 0.238 e. The van der Waals surface area contributed by atoms with Crippen LogP contribution < -0.4 is 10.6 Å². The number of ether oxygens (including phenoxy) is 1. The van der Waals surface area contributed by atoms with Crippen LogP contribution in [0.3, 0.4) is 0 Å². The molecule has 1 amide bonds. The second kappa shape index (κ2) is 6.58. The quantitative estimate of drug-likeness (QED) is 0.746. The van der Waals surface area contributed by atoms with Crippen molar-refractivity contribution in [3.05, 3.63) is 0 Å². The number of rotatable bonds is 2. The zero-order valence-corrected chi connectivity index (χ0v) is 10.2. The fraction of sp³-hybridized carbons (Fsp3) is 0.889. The van der Waals surface area contributed by atoms with Crippen LogP contribution in [-0.2, 0) is 9.53 Å². The van der Waals surface area contributed by atoms with Crippen LogP contribution in [0.2, 0.25) is 0 Å². The molecule has 0 aliphatic carbocycles. The monoisotopic (exact) mass is 252 g/mol. The number of hydrogen-bond donors (Lipinski definition) is 2. The molecule has 4 nitrogen and oxygen atoms in total. The lowest BCUT2D eigenvalue weighted by Crippen LogP contribution is -2.48. The molecule has 2 heterocycles. The van der Waals surface area contributed by atoms with E-state index in [0.717, 1.165) is 31.1 Å². The third-order valence-corrected chi connectivity index (χ3v) is 3.48. The third kappa shape index (κ3) is 3.83. The largest absolute Gasteiger partial charge is 0.379 e. The average molecular weight is 253 g/mol. The van der Waals surface area contributed by atoms with Crippen LogP contribution in [-0.4, -0.2) is 42.8 Å². The van der Waals surface area contributed by atoms with Crippen LogP contribution in [0, 0.1) is 0 Å². The number of halogens is 1. The van der Waals surface area contributed by atoms with Crippen molar-refractivity contribution in [1.29, 1.82) is 0 Å². The second-order valence-corrected chi connectivity index (χ2v) is 4.72. The average Bonchev–Trinajstić information content (AvgIpc) is 2.72. The molecular weight excluding hydrogens is 236 g/mol. The van der Waals surface area contributed by atoms with E-state index in [9.17, 15) is 4.79 Å². The smallest absolute Gasteiger partial charge is 0.238 e. The molecule has 2 aliphatic heterocycles. The van der Waals surface area contributed by atoms with Gasteiger partial charge in [-0.2, -0.15) is 0 Å². The predicted octanol–water partition coefficient (Wildman–Crippen LogP) is 0.366. The highest BCUT2D eigenvalue weighted by atomic mass is 35.5. The third-order valence-electron chi connectivity index (χ3n) is 2.54. The predicted molar refractivity (Wildman–Crippen MR) is 63.5 cm³/mol. The Balaban J connectivity index is 0.00000112. The first-order valence-corrected chi connectivity index (χ1v) is 6.21. The van der Waals surface area contributed by atoms with Gasteiger partial charge in [0.2, 0.25) is 5.91 Å². The summed E-state index contributed by atoms with van der Waals surface area (Å²) in [6.45, 7) is 1.51. The summed E-state index contributed by atoms with van der Waals surface area (Å²) in [5.41, 5.74) is 0. The Morgan fingerprint density at radius 1 is 1.53 bits per heavy atom. The highest BCUT2D eigenvalue weighted by Gasteiger charge is 2.25. The Morgan fingerprint density at radius 2 is 2.40 bits per heavy atom. The van der Waals surface area contributed by atoms with Gasteiger partial charge in [0.1, 0.15) is 0 Å². The van der Waals surface area contributed by atoms with Crippen LogP contribution in [0.15, 0.2) is 0 Å². The zero-order chi connectivity index (χ0) is 9.80. The fourth-order valence-electron chi connectivity index (χ4n) is 1.72. The molecule has 2 N–H and O–H groups in total. The van der Waals surface area contributed by atoms with Crippen molar-refractivity contribution in [2.45, 2.75) is 24.9 Å². The molecule has 6 heteroatoms. The molecule has 0 aromatic rings. The molecule has 0 radical (unpaired) electrons. The number of thioether (sulfide) groups is 1. The molecule has 0 aromatic heterocycles. The zero-order valence-electron chi connectivity index (χ0n) is 8.53. The van der Waals surface area contributed by atoms with Crippen LogP contribution in [0.4, 0.5) is 0 Å². The van der Waals surface area contributed by atoms with Gasteiger partial charge in [-0.25, -0.2) is 0 Å². The Bertz CT molecular complexity index is 206. The lowest BCUT2D eigenvalue weighted by atomic mass is 10.1. The first-order valence-electron chi connectivity index (χ1n) is 5.05. The van der Waals surface area contributed by atoms with Gasteiger partial charge in [0.05, 0.1) is 18.7 Å².